The molecule has 1 aliphatic rings. The van der Waals surface area contributed by atoms with Crippen LogP contribution < -0.4 is 16.8 Å². The van der Waals surface area contributed by atoms with Gasteiger partial charge < -0.3 is 11.5 Å². The summed E-state index contributed by atoms with van der Waals surface area (Å²) < 4.78 is 0. The maximum atomic E-state index is 11.7. The number of rotatable bonds is 4. The van der Waals surface area contributed by atoms with Crippen LogP contribution in [0.3, 0.4) is 0 Å². The van der Waals surface area contributed by atoms with Gasteiger partial charge in [-0.3, -0.25) is 15.0 Å². The topological polar surface area (TPSA) is 101 Å². The number of carbonyl (C=O) groups excluding carboxylic acids is 2. The van der Waals surface area contributed by atoms with Crippen LogP contribution in [0.5, 0.6) is 0 Å². The van der Waals surface area contributed by atoms with Gasteiger partial charge in [-0.1, -0.05) is 6.42 Å². The highest BCUT2D eigenvalue weighted by Crippen LogP contribution is 2.29. The van der Waals surface area contributed by atoms with Gasteiger partial charge in [-0.25, -0.2) is 4.79 Å². The van der Waals surface area contributed by atoms with Gasteiger partial charge in [-0.15, -0.1) is 0 Å². The van der Waals surface area contributed by atoms with E-state index < -0.39 is 6.03 Å². The lowest BCUT2D eigenvalue weighted by molar-refractivity contribution is -0.125. The second-order valence-corrected chi connectivity index (χ2v) is 4.69. The molecule has 3 unspecified atom stereocenters. The molecule has 0 aromatic carbocycles. The summed E-state index contributed by atoms with van der Waals surface area (Å²) in [6.45, 7) is 2.41. The van der Waals surface area contributed by atoms with Gasteiger partial charge in [-0.2, -0.15) is 0 Å². The first-order valence-electron chi connectivity index (χ1n) is 5.99. The third kappa shape index (κ3) is 3.41. The van der Waals surface area contributed by atoms with E-state index in [1.165, 1.54) is 0 Å². The quantitative estimate of drug-likeness (QED) is 0.626. The first-order valence-corrected chi connectivity index (χ1v) is 5.99. The average Bonchev–Trinajstić information content (AvgIpc) is 2.73. The van der Waals surface area contributed by atoms with Crippen molar-refractivity contribution in [3.05, 3.63) is 0 Å². The van der Waals surface area contributed by atoms with E-state index >= 15 is 0 Å². The number of urea groups is 1. The molecule has 0 spiro atoms. The maximum Gasteiger partial charge on any atom is 0.318 e. The Morgan fingerprint density at radius 1 is 1.47 bits per heavy atom. The molecule has 0 aromatic heterocycles. The number of carbonyl (C=O) groups is 2. The lowest BCUT2D eigenvalue weighted by atomic mass is 10.0. The van der Waals surface area contributed by atoms with Crippen LogP contribution in [0.25, 0.3) is 0 Å². The molecule has 0 bridgehead atoms. The summed E-state index contributed by atoms with van der Waals surface area (Å²) in [5.74, 6) is 0.0755. The van der Waals surface area contributed by atoms with E-state index in [0.717, 1.165) is 19.3 Å². The van der Waals surface area contributed by atoms with Crippen molar-refractivity contribution < 1.29 is 9.59 Å². The largest absolute Gasteiger partial charge is 0.351 e. The van der Waals surface area contributed by atoms with E-state index in [1.54, 1.807) is 6.92 Å². The lowest BCUT2D eigenvalue weighted by Crippen LogP contribution is -2.51. The van der Waals surface area contributed by atoms with Crippen LogP contribution in [-0.4, -0.2) is 42.5 Å². The summed E-state index contributed by atoms with van der Waals surface area (Å²) in [6, 6.07) is -0.870. The van der Waals surface area contributed by atoms with Crippen LogP contribution in [0.2, 0.25) is 0 Å². The Morgan fingerprint density at radius 2 is 2.12 bits per heavy atom. The van der Waals surface area contributed by atoms with E-state index in [9.17, 15) is 9.59 Å². The van der Waals surface area contributed by atoms with Crippen LogP contribution in [0.4, 0.5) is 4.79 Å². The molecule has 0 aliphatic heterocycles. The Morgan fingerprint density at radius 3 is 2.65 bits per heavy atom. The SMILES string of the molecule is CC(C(=O)NC(N)=O)N(C)C1CCCC1CN. The van der Waals surface area contributed by atoms with Gasteiger partial charge in [0.25, 0.3) is 0 Å². The van der Waals surface area contributed by atoms with Crippen molar-refractivity contribution in [2.24, 2.45) is 17.4 Å². The first-order chi connectivity index (χ1) is 7.97. The Kier molecular flexibility index (Phi) is 4.89. The van der Waals surface area contributed by atoms with Crippen molar-refractivity contribution in [3.8, 4) is 0 Å². The van der Waals surface area contributed by atoms with E-state index in [0.29, 0.717) is 18.5 Å². The number of hydrogen-bond donors (Lipinski definition) is 3. The number of likely N-dealkylation sites (N-methyl/N-ethyl adjacent to an activating group) is 1. The van der Waals surface area contributed by atoms with Crippen LogP contribution in [0, 0.1) is 5.92 Å². The third-order valence-corrected chi connectivity index (χ3v) is 3.68. The number of nitrogens with one attached hydrogen (secondary N) is 1. The third-order valence-electron chi connectivity index (χ3n) is 3.68. The molecule has 0 heterocycles. The molecule has 6 heteroatoms. The van der Waals surface area contributed by atoms with E-state index in [2.05, 4.69) is 5.32 Å². The Hall–Kier alpha value is -1.14. The second kappa shape index (κ2) is 5.97. The fourth-order valence-corrected chi connectivity index (χ4v) is 2.53. The smallest absolute Gasteiger partial charge is 0.318 e. The summed E-state index contributed by atoms with van der Waals surface area (Å²) in [7, 11) is 1.89. The first kappa shape index (κ1) is 13.9. The molecule has 3 amide bonds. The molecule has 3 atom stereocenters. The highest BCUT2D eigenvalue weighted by molar-refractivity contribution is 5.96. The van der Waals surface area contributed by atoms with Crippen molar-refractivity contribution in [1.82, 2.24) is 10.2 Å². The van der Waals surface area contributed by atoms with Crippen LogP contribution in [0.15, 0.2) is 0 Å². The molecule has 0 radical (unpaired) electrons. The zero-order valence-electron chi connectivity index (χ0n) is 10.5. The summed E-state index contributed by atoms with van der Waals surface area (Å²) in [4.78, 5) is 24.3. The van der Waals surface area contributed by atoms with Gasteiger partial charge in [0.1, 0.15) is 0 Å². The molecule has 1 fully saturated rings. The maximum absolute atomic E-state index is 11.7. The lowest BCUT2D eigenvalue weighted by Gasteiger charge is -2.33. The molecule has 98 valence electrons. The molecule has 6 nitrogen and oxygen atoms in total. The van der Waals surface area contributed by atoms with Crippen molar-refractivity contribution in [2.45, 2.75) is 38.3 Å². The van der Waals surface area contributed by atoms with Crippen LogP contribution >= 0.6 is 0 Å². The van der Waals surface area contributed by atoms with Gasteiger partial charge in [-0.05, 0) is 39.3 Å². The highest BCUT2D eigenvalue weighted by atomic mass is 16.2. The fourth-order valence-electron chi connectivity index (χ4n) is 2.53. The molecule has 1 aliphatic carbocycles. The minimum Gasteiger partial charge on any atom is -0.351 e. The monoisotopic (exact) mass is 242 g/mol. The molecule has 1 rings (SSSR count). The molecular weight excluding hydrogens is 220 g/mol. The zero-order valence-corrected chi connectivity index (χ0v) is 10.5. The van der Waals surface area contributed by atoms with Gasteiger partial charge in [0.05, 0.1) is 6.04 Å². The van der Waals surface area contributed by atoms with Gasteiger partial charge in [0.2, 0.25) is 5.91 Å². The van der Waals surface area contributed by atoms with Gasteiger partial charge in [0, 0.05) is 6.04 Å². The number of nitrogens with zero attached hydrogens (tertiary/aromatic N) is 1. The van der Waals surface area contributed by atoms with Crippen LogP contribution in [-0.2, 0) is 4.79 Å². The van der Waals surface area contributed by atoms with Crippen molar-refractivity contribution in [3.63, 3.8) is 0 Å². The number of hydrogen-bond acceptors (Lipinski definition) is 4. The van der Waals surface area contributed by atoms with Gasteiger partial charge in [0.15, 0.2) is 0 Å². The number of amides is 3. The molecule has 1 saturated carbocycles. The normalized spacial score (nSPS) is 25.9. The fraction of sp³-hybridized carbons (Fsp3) is 0.818. The molecule has 0 saturated heterocycles. The van der Waals surface area contributed by atoms with Crippen molar-refractivity contribution >= 4 is 11.9 Å². The van der Waals surface area contributed by atoms with E-state index in [4.69, 9.17) is 11.5 Å². The second-order valence-electron chi connectivity index (χ2n) is 4.69. The van der Waals surface area contributed by atoms with E-state index in [1.807, 2.05) is 11.9 Å². The van der Waals surface area contributed by atoms with E-state index in [-0.39, 0.29) is 11.9 Å². The Bertz CT molecular complexity index is 295. The summed E-state index contributed by atoms with van der Waals surface area (Å²) in [5, 5.41) is 2.11. The summed E-state index contributed by atoms with van der Waals surface area (Å²) in [5.41, 5.74) is 10.6. The molecular formula is C11H22N4O2. The average molecular weight is 242 g/mol. The minimum absolute atomic E-state index is 0.314. The number of primary amides is 1. The molecule has 17 heavy (non-hydrogen) atoms. The Labute approximate surface area is 102 Å². The Balaban J connectivity index is 2.59. The van der Waals surface area contributed by atoms with Crippen molar-refractivity contribution in [1.29, 1.82) is 0 Å². The predicted molar refractivity (Wildman–Crippen MR) is 65.1 cm³/mol. The number of imide groups is 1. The summed E-state index contributed by atoms with van der Waals surface area (Å²) in [6.07, 6.45) is 3.29. The molecule has 5 N–H and O–H groups in total. The van der Waals surface area contributed by atoms with Gasteiger partial charge >= 0.3 is 6.03 Å². The summed E-state index contributed by atoms with van der Waals surface area (Å²) >= 11 is 0. The predicted octanol–water partition coefficient (Wildman–Crippen LogP) is -0.371. The minimum atomic E-state index is -0.808. The van der Waals surface area contributed by atoms with Crippen molar-refractivity contribution in [2.75, 3.05) is 13.6 Å². The van der Waals surface area contributed by atoms with Crippen LogP contribution in [0.1, 0.15) is 26.2 Å². The highest BCUT2D eigenvalue weighted by Gasteiger charge is 2.33. The number of nitrogens with two attached hydrogens (primary N) is 2. The standard InChI is InChI=1S/C11H22N4O2/c1-7(10(16)14-11(13)17)15(2)9-5-3-4-8(9)6-12/h7-9H,3-6,12H2,1-2H3,(H3,13,14,16,17). The molecule has 0 aromatic rings. The zero-order chi connectivity index (χ0) is 13.0.